The van der Waals surface area contributed by atoms with Gasteiger partial charge in [-0.25, -0.2) is 0 Å². The van der Waals surface area contributed by atoms with Crippen LogP contribution in [0, 0.1) is 0 Å². The van der Waals surface area contributed by atoms with E-state index >= 15 is 0 Å². The van der Waals surface area contributed by atoms with Gasteiger partial charge in [0.25, 0.3) is 5.91 Å². The van der Waals surface area contributed by atoms with Crippen molar-refractivity contribution in [1.82, 2.24) is 5.32 Å². The molecule has 23 heavy (non-hydrogen) atoms. The molecule has 0 bridgehead atoms. The van der Waals surface area contributed by atoms with Crippen molar-refractivity contribution in [3.63, 3.8) is 0 Å². The van der Waals surface area contributed by atoms with Gasteiger partial charge < -0.3 is 19.5 Å². The molecule has 2 aromatic carbocycles. The average molecular weight is 336 g/mol. The topological polar surface area (TPSA) is 56.8 Å². The predicted molar refractivity (Wildman–Crippen MR) is 88.7 cm³/mol. The summed E-state index contributed by atoms with van der Waals surface area (Å²) in [6.07, 6.45) is 0. The highest BCUT2D eigenvalue weighted by Gasteiger charge is 2.11. The van der Waals surface area contributed by atoms with Gasteiger partial charge >= 0.3 is 0 Å². The number of benzene rings is 2. The van der Waals surface area contributed by atoms with Gasteiger partial charge in [-0.3, -0.25) is 4.79 Å². The predicted octanol–water partition coefficient (Wildman–Crippen LogP) is 3.30. The zero-order valence-corrected chi connectivity index (χ0v) is 13.9. The maximum Gasteiger partial charge on any atom is 0.251 e. The molecule has 0 spiro atoms. The van der Waals surface area contributed by atoms with E-state index < -0.39 is 0 Å². The third-order valence-electron chi connectivity index (χ3n) is 3.35. The normalized spacial score (nSPS) is 10.1. The summed E-state index contributed by atoms with van der Waals surface area (Å²) in [5, 5.41) is 3.36. The summed E-state index contributed by atoms with van der Waals surface area (Å²) in [5.74, 6) is 1.52. The van der Waals surface area contributed by atoms with Crippen LogP contribution in [-0.2, 0) is 6.54 Å². The second-order valence-electron chi connectivity index (χ2n) is 4.71. The van der Waals surface area contributed by atoms with E-state index in [0.717, 1.165) is 5.56 Å². The van der Waals surface area contributed by atoms with E-state index in [2.05, 4.69) is 5.32 Å². The Hall–Kier alpha value is -2.40. The van der Waals surface area contributed by atoms with Crippen LogP contribution in [0.2, 0.25) is 5.02 Å². The molecule has 2 rings (SSSR count). The van der Waals surface area contributed by atoms with Gasteiger partial charge in [0.2, 0.25) is 0 Å². The van der Waals surface area contributed by atoms with Crippen LogP contribution in [0.3, 0.4) is 0 Å². The molecule has 0 aliphatic carbocycles. The lowest BCUT2D eigenvalue weighted by molar-refractivity contribution is 0.0950. The highest BCUT2D eigenvalue weighted by atomic mass is 35.5. The zero-order valence-electron chi connectivity index (χ0n) is 13.2. The van der Waals surface area contributed by atoms with Crippen LogP contribution in [0.4, 0.5) is 0 Å². The molecule has 5 nitrogen and oxygen atoms in total. The Morgan fingerprint density at radius 2 is 1.74 bits per heavy atom. The number of carbonyl (C=O) groups is 1. The summed E-state index contributed by atoms with van der Waals surface area (Å²) in [6, 6.07) is 10.3. The Labute approximate surface area is 140 Å². The minimum atomic E-state index is -0.224. The standard InChI is InChI=1S/C17H18ClNO4/c1-21-13-6-4-12(14(18)9-13)10-19-17(20)11-5-7-15(22-2)16(8-11)23-3/h4-9H,10H2,1-3H3,(H,19,20). The van der Waals surface area contributed by atoms with E-state index in [0.29, 0.717) is 34.4 Å². The molecule has 1 N–H and O–H groups in total. The number of ether oxygens (including phenoxy) is 3. The first kappa shape index (κ1) is 17.0. The van der Waals surface area contributed by atoms with Crippen LogP contribution in [-0.4, -0.2) is 27.2 Å². The minimum absolute atomic E-state index is 0.224. The van der Waals surface area contributed by atoms with Crippen molar-refractivity contribution >= 4 is 17.5 Å². The molecule has 1 amide bonds. The average Bonchev–Trinajstić information content (AvgIpc) is 2.59. The third kappa shape index (κ3) is 4.07. The van der Waals surface area contributed by atoms with Gasteiger partial charge in [0.1, 0.15) is 5.75 Å². The molecule has 2 aromatic rings. The van der Waals surface area contributed by atoms with Gasteiger partial charge in [-0.2, -0.15) is 0 Å². The van der Waals surface area contributed by atoms with Gasteiger partial charge in [0.05, 0.1) is 21.3 Å². The molecule has 6 heteroatoms. The van der Waals surface area contributed by atoms with Crippen molar-refractivity contribution in [3.8, 4) is 17.2 Å². The number of methoxy groups -OCH3 is 3. The fraction of sp³-hybridized carbons (Fsp3) is 0.235. The van der Waals surface area contributed by atoms with Gasteiger partial charge in [-0.15, -0.1) is 0 Å². The molecule has 0 fully saturated rings. The van der Waals surface area contributed by atoms with Gasteiger partial charge in [-0.05, 0) is 35.9 Å². The largest absolute Gasteiger partial charge is 0.497 e. The summed E-state index contributed by atoms with van der Waals surface area (Å²) in [4.78, 5) is 12.2. The van der Waals surface area contributed by atoms with E-state index in [9.17, 15) is 4.79 Å². The Morgan fingerprint density at radius 1 is 1.00 bits per heavy atom. The Kier molecular flexibility index (Phi) is 5.71. The van der Waals surface area contributed by atoms with Crippen molar-refractivity contribution in [3.05, 3.63) is 52.5 Å². The zero-order chi connectivity index (χ0) is 16.8. The second kappa shape index (κ2) is 7.74. The minimum Gasteiger partial charge on any atom is -0.497 e. The Morgan fingerprint density at radius 3 is 2.35 bits per heavy atom. The smallest absolute Gasteiger partial charge is 0.251 e. The molecule has 0 radical (unpaired) electrons. The van der Waals surface area contributed by atoms with Crippen LogP contribution in [0.1, 0.15) is 15.9 Å². The molecule has 0 atom stereocenters. The lowest BCUT2D eigenvalue weighted by Crippen LogP contribution is -2.23. The lowest BCUT2D eigenvalue weighted by Gasteiger charge is -2.11. The summed E-state index contributed by atoms with van der Waals surface area (Å²) in [5.41, 5.74) is 1.29. The van der Waals surface area contributed by atoms with Crippen molar-refractivity contribution in [2.24, 2.45) is 0 Å². The lowest BCUT2D eigenvalue weighted by atomic mass is 10.1. The van der Waals surface area contributed by atoms with Gasteiger partial charge in [0.15, 0.2) is 11.5 Å². The molecule has 122 valence electrons. The summed E-state index contributed by atoms with van der Waals surface area (Å²) in [7, 11) is 4.64. The van der Waals surface area contributed by atoms with E-state index in [1.807, 2.05) is 6.07 Å². The highest BCUT2D eigenvalue weighted by molar-refractivity contribution is 6.31. The van der Waals surface area contributed by atoms with E-state index in [1.165, 1.54) is 7.11 Å². The van der Waals surface area contributed by atoms with Crippen LogP contribution in [0.5, 0.6) is 17.2 Å². The molecule has 0 heterocycles. The van der Waals surface area contributed by atoms with Gasteiger partial charge in [-0.1, -0.05) is 17.7 Å². The van der Waals surface area contributed by atoms with Crippen molar-refractivity contribution < 1.29 is 19.0 Å². The SMILES string of the molecule is COc1ccc(CNC(=O)c2ccc(OC)c(OC)c2)c(Cl)c1. The molecule has 0 unspecified atom stereocenters. The van der Waals surface area contributed by atoms with E-state index in [4.69, 9.17) is 25.8 Å². The fourth-order valence-corrected chi connectivity index (χ4v) is 2.29. The van der Waals surface area contributed by atoms with Crippen molar-refractivity contribution in [2.75, 3.05) is 21.3 Å². The molecule has 0 aliphatic heterocycles. The first-order valence-electron chi connectivity index (χ1n) is 6.91. The van der Waals surface area contributed by atoms with Crippen molar-refractivity contribution in [2.45, 2.75) is 6.54 Å². The molecule has 0 aliphatic rings. The van der Waals surface area contributed by atoms with E-state index in [1.54, 1.807) is 44.6 Å². The molecule has 0 saturated carbocycles. The maximum atomic E-state index is 12.2. The number of nitrogens with one attached hydrogen (secondary N) is 1. The molecule has 0 saturated heterocycles. The first-order valence-corrected chi connectivity index (χ1v) is 7.29. The summed E-state index contributed by atoms with van der Waals surface area (Å²) < 4.78 is 15.4. The summed E-state index contributed by atoms with van der Waals surface area (Å²) >= 11 is 6.16. The molecular weight excluding hydrogens is 318 g/mol. The Bertz CT molecular complexity index is 703. The molecule has 0 aromatic heterocycles. The number of rotatable bonds is 6. The fourth-order valence-electron chi connectivity index (χ4n) is 2.05. The van der Waals surface area contributed by atoms with Crippen LogP contribution in [0.15, 0.2) is 36.4 Å². The second-order valence-corrected chi connectivity index (χ2v) is 5.12. The van der Waals surface area contributed by atoms with Crippen LogP contribution < -0.4 is 19.5 Å². The quantitative estimate of drug-likeness (QED) is 0.880. The van der Waals surface area contributed by atoms with Gasteiger partial charge in [0, 0.05) is 17.1 Å². The number of carbonyl (C=O) groups excluding carboxylic acids is 1. The third-order valence-corrected chi connectivity index (χ3v) is 3.70. The number of amides is 1. The Balaban J connectivity index is 2.08. The number of hydrogen-bond donors (Lipinski definition) is 1. The molecular formula is C17H18ClNO4. The monoisotopic (exact) mass is 335 g/mol. The summed E-state index contributed by atoms with van der Waals surface area (Å²) in [6.45, 7) is 0.315. The number of halogens is 1. The highest BCUT2D eigenvalue weighted by Crippen LogP contribution is 2.27. The van der Waals surface area contributed by atoms with Crippen LogP contribution in [0.25, 0.3) is 0 Å². The maximum absolute atomic E-state index is 12.2. The van der Waals surface area contributed by atoms with Crippen LogP contribution >= 0.6 is 11.6 Å². The van der Waals surface area contributed by atoms with Crippen molar-refractivity contribution in [1.29, 1.82) is 0 Å². The van der Waals surface area contributed by atoms with E-state index in [-0.39, 0.29) is 5.91 Å². The number of hydrogen-bond acceptors (Lipinski definition) is 4. The first-order chi connectivity index (χ1) is 11.1.